The SMILES string of the molecule is CC(C)(C)C(=O)NCC1CCCN(c2cccc(C#N)n2)C1. The maximum atomic E-state index is 12.0. The minimum Gasteiger partial charge on any atom is -0.356 e. The van der Waals surface area contributed by atoms with E-state index in [0.717, 1.165) is 31.7 Å². The van der Waals surface area contributed by atoms with E-state index in [1.54, 1.807) is 6.07 Å². The van der Waals surface area contributed by atoms with E-state index in [0.29, 0.717) is 18.2 Å². The number of hydrogen-bond acceptors (Lipinski definition) is 4. The molecule has 2 heterocycles. The average Bonchev–Trinajstić information content (AvgIpc) is 2.52. The zero-order valence-electron chi connectivity index (χ0n) is 13.6. The molecule has 1 aromatic rings. The minimum atomic E-state index is -0.350. The smallest absolute Gasteiger partial charge is 0.225 e. The summed E-state index contributed by atoms with van der Waals surface area (Å²) in [6, 6.07) is 7.60. The van der Waals surface area contributed by atoms with E-state index in [-0.39, 0.29) is 11.3 Å². The van der Waals surface area contributed by atoms with E-state index in [9.17, 15) is 4.79 Å². The van der Waals surface area contributed by atoms with Gasteiger partial charge < -0.3 is 10.2 Å². The van der Waals surface area contributed by atoms with Crippen molar-refractivity contribution in [3.63, 3.8) is 0 Å². The molecule has 1 atom stereocenters. The number of nitrogens with zero attached hydrogens (tertiary/aromatic N) is 3. The fraction of sp³-hybridized carbons (Fsp3) is 0.588. The monoisotopic (exact) mass is 300 g/mol. The molecule has 0 aromatic carbocycles. The van der Waals surface area contributed by atoms with Crippen LogP contribution in [0, 0.1) is 22.7 Å². The van der Waals surface area contributed by atoms with Crippen molar-refractivity contribution in [2.45, 2.75) is 33.6 Å². The lowest BCUT2D eigenvalue weighted by Gasteiger charge is -2.34. The Labute approximate surface area is 132 Å². The topological polar surface area (TPSA) is 69.0 Å². The standard InChI is InChI=1S/C17H24N4O/c1-17(2,3)16(22)19-11-13-6-5-9-21(12-13)15-8-4-7-14(10-18)20-15/h4,7-8,13H,5-6,9,11-12H2,1-3H3,(H,19,22). The van der Waals surface area contributed by atoms with Crippen molar-refractivity contribution in [1.82, 2.24) is 10.3 Å². The molecule has 0 spiro atoms. The summed E-state index contributed by atoms with van der Waals surface area (Å²) in [5.41, 5.74) is 0.0949. The summed E-state index contributed by atoms with van der Waals surface area (Å²) in [6.45, 7) is 8.29. The molecule has 1 amide bonds. The molecule has 2 rings (SSSR count). The van der Waals surface area contributed by atoms with Gasteiger partial charge in [-0.2, -0.15) is 5.26 Å². The number of piperidine rings is 1. The summed E-state index contributed by atoms with van der Waals surface area (Å²) >= 11 is 0. The van der Waals surface area contributed by atoms with Crippen LogP contribution in [0.25, 0.3) is 0 Å². The highest BCUT2D eigenvalue weighted by Crippen LogP contribution is 2.22. The molecule has 1 unspecified atom stereocenters. The zero-order chi connectivity index (χ0) is 16.2. The summed E-state index contributed by atoms with van der Waals surface area (Å²) in [7, 11) is 0. The van der Waals surface area contributed by atoms with Crippen LogP contribution in [0.15, 0.2) is 18.2 Å². The molecule has 0 aliphatic carbocycles. The molecular weight excluding hydrogens is 276 g/mol. The van der Waals surface area contributed by atoms with E-state index in [2.05, 4.69) is 21.3 Å². The molecule has 1 saturated heterocycles. The van der Waals surface area contributed by atoms with Gasteiger partial charge >= 0.3 is 0 Å². The Bertz CT molecular complexity index is 571. The van der Waals surface area contributed by atoms with Crippen molar-refractivity contribution < 1.29 is 4.79 Å². The molecule has 118 valence electrons. The van der Waals surface area contributed by atoms with Gasteiger partial charge in [0.1, 0.15) is 17.6 Å². The maximum Gasteiger partial charge on any atom is 0.225 e. The summed E-state index contributed by atoms with van der Waals surface area (Å²) in [6.07, 6.45) is 2.19. The van der Waals surface area contributed by atoms with E-state index >= 15 is 0 Å². The van der Waals surface area contributed by atoms with E-state index in [4.69, 9.17) is 5.26 Å². The highest BCUT2D eigenvalue weighted by atomic mass is 16.2. The molecule has 1 aromatic heterocycles. The van der Waals surface area contributed by atoms with Crippen LogP contribution in [-0.4, -0.2) is 30.5 Å². The molecule has 5 nitrogen and oxygen atoms in total. The van der Waals surface area contributed by atoms with Crippen molar-refractivity contribution in [1.29, 1.82) is 5.26 Å². The third-order valence-corrected chi connectivity index (χ3v) is 3.92. The Balaban J connectivity index is 1.94. The van der Waals surface area contributed by atoms with Crippen molar-refractivity contribution >= 4 is 11.7 Å². The van der Waals surface area contributed by atoms with Crippen LogP contribution in [0.4, 0.5) is 5.82 Å². The number of pyridine rings is 1. The van der Waals surface area contributed by atoms with Crippen LogP contribution >= 0.6 is 0 Å². The Hall–Kier alpha value is -2.09. The highest BCUT2D eigenvalue weighted by Gasteiger charge is 2.25. The third-order valence-electron chi connectivity index (χ3n) is 3.92. The van der Waals surface area contributed by atoms with E-state index in [1.165, 1.54) is 0 Å². The molecule has 0 bridgehead atoms. The molecule has 1 aliphatic heterocycles. The first kappa shape index (κ1) is 16.3. The number of anilines is 1. The van der Waals surface area contributed by atoms with Crippen LogP contribution in [0.5, 0.6) is 0 Å². The Morgan fingerprint density at radius 3 is 2.95 bits per heavy atom. The quantitative estimate of drug-likeness (QED) is 0.930. The number of nitrogens with one attached hydrogen (secondary N) is 1. The van der Waals surface area contributed by atoms with E-state index < -0.39 is 0 Å². The number of carbonyl (C=O) groups is 1. The maximum absolute atomic E-state index is 12.0. The summed E-state index contributed by atoms with van der Waals surface area (Å²) in [5, 5.41) is 12.0. The fourth-order valence-electron chi connectivity index (χ4n) is 2.60. The van der Waals surface area contributed by atoms with E-state index in [1.807, 2.05) is 32.9 Å². The van der Waals surface area contributed by atoms with Crippen molar-refractivity contribution in [2.75, 3.05) is 24.5 Å². The summed E-state index contributed by atoms with van der Waals surface area (Å²) in [4.78, 5) is 18.5. The first-order chi connectivity index (χ1) is 10.4. The van der Waals surface area contributed by atoms with Crippen molar-refractivity contribution in [3.05, 3.63) is 23.9 Å². The first-order valence-electron chi connectivity index (χ1n) is 7.80. The van der Waals surface area contributed by atoms with Crippen LogP contribution in [0.3, 0.4) is 0 Å². The van der Waals surface area contributed by atoms with Crippen LogP contribution in [0.2, 0.25) is 0 Å². The predicted octanol–water partition coefficient (Wildman–Crippen LogP) is 2.33. The molecular formula is C17H24N4O. The Kier molecular flexibility index (Phi) is 5.02. The number of amides is 1. The lowest BCUT2D eigenvalue weighted by atomic mass is 9.94. The molecule has 5 heteroatoms. The second-order valence-electron chi connectivity index (χ2n) is 6.91. The average molecular weight is 300 g/mol. The largest absolute Gasteiger partial charge is 0.356 e. The number of hydrogen-bond donors (Lipinski definition) is 1. The minimum absolute atomic E-state index is 0.0919. The summed E-state index contributed by atoms with van der Waals surface area (Å²) in [5.74, 6) is 1.37. The van der Waals surface area contributed by atoms with Gasteiger partial charge in [0.05, 0.1) is 0 Å². The lowest BCUT2D eigenvalue weighted by molar-refractivity contribution is -0.128. The highest BCUT2D eigenvalue weighted by molar-refractivity contribution is 5.81. The van der Waals surface area contributed by atoms with Crippen molar-refractivity contribution in [3.8, 4) is 6.07 Å². The van der Waals surface area contributed by atoms with Gasteiger partial charge in [0.2, 0.25) is 5.91 Å². The molecule has 0 radical (unpaired) electrons. The summed E-state index contributed by atoms with van der Waals surface area (Å²) < 4.78 is 0. The normalized spacial score (nSPS) is 18.6. The first-order valence-corrected chi connectivity index (χ1v) is 7.80. The number of carbonyl (C=O) groups excluding carboxylic acids is 1. The van der Waals surface area contributed by atoms with Crippen LogP contribution < -0.4 is 10.2 Å². The second-order valence-corrected chi connectivity index (χ2v) is 6.91. The third kappa shape index (κ3) is 4.20. The lowest BCUT2D eigenvalue weighted by Crippen LogP contribution is -2.43. The molecule has 22 heavy (non-hydrogen) atoms. The van der Waals surface area contributed by atoms with Gasteiger partial charge in [-0.25, -0.2) is 4.98 Å². The Morgan fingerprint density at radius 2 is 2.27 bits per heavy atom. The van der Waals surface area contributed by atoms with Gasteiger partial charge in [-0.05, 0) is 30.9 Å². The van der Waals surface area contributed by atoms with Gasteiger partial charge in [-0.15, -0.1) is 0 Å². The van der Waals surface area contributed by atoms with Gasteiger partial charge in [0.25, 0.3) is 0 Å². The van der Waals surface area contributed by atoms with Gasteiger partial charge in [0.15, 0.2) is 0 Å². The number of aromatic nitrogens is 1. The molecule has 1 N–H and O–H groups in total. The zero-order valence-corrected chi connectivity index (χ0v) is 13.6. The van der Waals surface area contributed by atoms with Crippen LogP contribution in [0.1, 0.15) is 39.3 Å². The van der Waals surface area contributed by atoms with Gasteiger partial charge in [-0.3, -0.25) is 4.79 Å². The molecule has 1 fully saturated rings. The van der Waals surface area contributed by atoms with Crippen molar-refractivity contribution in [2.24, 2.45) is 11.3 Å². The molecule has 1 aliphatic rings. The van der Waals surface area contributed by atoms with Gasteiger partial charge in [-0.1, -0.05) is 26.8 Å². The molecule has 0 saturated carbocycles. The second kappa shape index (κ2) is 6.78. The predicted molar refractivity (Wildman–Crippen MR) is 86.4 cm³/mol. The Morgan fingerprint density at radius 1 is 1.50 bits per heavy atom. The van der Waals surface area contributed by atoms with Gasteiger partial charge in [0, 0.05) is 25.0 Å². The number of nitriles is 1. The fourth-order valence-corrected chi connectivity index (χ4v) is 2.60. The number of rotatable bonds is 3. The van der Waals surface area contributed by atoms with Crippen LogP contribution in [-0.2, 0) is 4.79 Å².